The van der Waals surface area contributed by atoms with Gasteiger partial charge in [0, 0.05) is 18.9 Å². The molecule has 0 N–H and O–H groups in total. The summed E-state index contributed by atoms with van der Waals surface area (Å²) in [5.74, 6) is 1.15. The molecule has 1 saturated heterocycles. The number of carbonyl (C=O) groups excluding carboxylic acids is 1. The van der Waals surface area contributed by atoms with Gasteiger partial charge in [0.25, 0.3) is 0 Å². The first-order valence-electron chi connectivity index (χ1n) is 7.64. The Morgan fingerprint density at radius 3 is 2.67 bits per heavy atom. The van der Waals surface area contributed by atoms with E-state index in [1.807, 2.05) is 24.3 Å². The Labute approximate surface area is 125 Å². The summed E-state index contributed by atoms with van der Waals surface area (Å²) in [7, 11) is 1.65. The van der Waals surface area contributed by atoms with Gasteiger partial charge in [-0.25, -0.2) is 0 Å². The molecule has 1 saturated carbocycles. The van der Waals surface area contributed by atoms with E-state index in [0.717, 1.165) is 43.8 Å². The van der Waals surface area contributed by atoms with Crippen molar-refractivity contribution in [3.05, 3.63) is 29.8 Å². The molecule has 0 unspecified atom stereocenters. The van der Waals surface area contributed by atoms with E-state index in [1.165, 1.54) is 0 Å². The summed E-state index contributed by atoms with van der Waals surface area (Å²) in [4.78, 5) is 12.1. The van der Waals surface area contributed by atoms with Crippen LogP contribution in [0.15, 0.2) is 24.3 Å². The summed E-state index contributed by atoms with van der Waals surface area (Å²) in [6.07, 6.45) is 4.15. The van der Waals surface area contributed by atoms with Gasteiger partial charge in [-0.05, 0) is 43.4 Å². The molecule has 1 aromatic carbocycles. The van der Waals surface area contributed by atoms with Gasteiger partial charge in [-0.2, -0.15) is 0 Å². The third-order valence-electron chi connectivity index (χ3n) is 4.51. The molecule has 0 radical (unpaired) electrons. The number of methoxy groups -OCH3 is 1. The minimum absolute atomic E-state index is 0.0878. The van der Waals surface area contributed by atoms with E-state index < -0.39 is 0 Å². The molecule has 1 aromatic rings. The summed E-state index contributed by atoms with van der Waals surface area (Å²) in [5.41, 5.74) is 0.926. The van der Waals surface area contributed by atoms with Crippen molar-refractivity contribution in [3.8, 4) is 5.75 Å². The number of hydrogen-bond acceptors (Lipinski definition) is 4. The number of aryl methyl sites for hydroxylation is 1. The Hall–Kier alpha value is -1.55. The van der Waals surface area contributed by atoms with Crippen LogP contribution in [0, 0.1) is 5.92 Å². The molecule has 4 heteroatoms. The Balaban J connectivity index is 1.47. The first kappa shape index (κ1) is 14.4. The zero-order valence-electron chi connectivity index (χ0n) is 12.5. The predicted octanol–water partition coefficient (Wildman–Crippen LogP) is 2.74. The van der Waals surface area contributed by atoms with E-state index in [4.69, 9.17) is 14.2 Å². The summed E-state index contributed by atoms with van der Waals surface area (Å²) in [6.45, 7) is 1.54. The third kappa shape index (κ3) is 3.38. The molecule has 114 valence electrons. The predicted molar refractivity (Wildman–Crippen MR) is 78.3 cm³/mol. The third-order valence-corrected chi connectivity index (χ3v) is 4.51. The second-order valence-electron chi connectivity index (χ2n) is 5.95. The molecule has 2 aliphatic rings. The standard InChI is InChI=1S/C17H22O4/c1-19-15-5-2-13(3-6-15)4-7-16(18)21-17(9-10-17)14-8-11-20-12-14/h2-3,5-6,14H,4,7-12H2,1H3/t14-/m0/s1. The molecule has 21 heavy (non-hydrogen) atoms. The van der Waals surface area contributed by atoms with Crippen LogP contribution in [0.5, 0.6) is 5.75 Å². The molecule has 3 rings (SSSR count). The number of rotatable bonds is 6. The van der Waals surface area contributed by atoms with Crippen LogP contribution in [-0.2, 0) is 20.7 Å². The van der Waals surface area contributed by atoms with Crippen LogP contribution in [0.25, 0.3) is 0 Å². The van der Waals surface area contributed by atoms with Gasteiger partial charge in [0.1, 0.15) is 11.4 Å². The van der Waals surface area contributed by atoms with Crippen molar-refractivity contribution in [3.63, 3.8) is 0 Å². The minimum Gasteiger partial charge on any atom is -0.497 e. The highest BCUT2D eigenvalue weighted by Crippen LogP contribution is 2.49. The Morgan fingerprint density at radius 1 is 1.33 bits per heavy atom. The van der Waals surface area contributed by atoms with Crippen molar-refractivity contribution in [2.75, 3.05) is 20.3 Å². The second kappa shape index (κ2) is 6.06. The summed E-state index contributed by atoms with van der Waals surface area (Å²) in [5, 5.41) is 0. The minimum atomic E-state index is -0.201. The van der Waals surface area contributed by atoms with Crippen LogP contribution in [0.4, 0.5) is 0 Å². The topological polar surface area (TPSA) is 44.8 Å². The molecular weight excluding hydrogens is 268 g/mol. The summed E-state index contributed by atoms with van der Waals surface area (Å²) >= 11 is 0. The van der Waals surface area contributed by atoms with Crippen molar-refractivity contribution in [2.24, 2.45) is 5.92 Å². The molecule has 0 bridgehead atoms. The first-order chi connectivity index (χ1) is 10.2. The number of benzene rings is 1. The molecule has 2 fully saturated rings. The van der Waals surface area contributed by atoms with Gasteiger partial charge < -0.3 is 14.2 Å². The maximum atomic E-state index is 12.1. The molecule has 1 aliphatic carbocycles. The van der Waals surface area contributed by atoms with Crippen molar-refractivity contribution in [1.82, 2.24) is 0 Å². The lowest BCUT2D eigenvalue weighted by Gasteiger charge is -2.22. The average molecular weight is 290 g/mol. The number of esters is 1. The molecule has 4 nitrogen and oxygen atoms in total. The molecular formula is C17H22O4. The Morgan fingerprint density at radius 2 is 2.10 bits per heavy atom. The first-order valence-corrected chi connectivity index (χ1v) is 7.64. The molecule has 1 atom stereocenters. The van der Waals surface area contributed by atoms with Crippen LogP contribution >= 0.6 is 0 Å². The number of ether oxygens (including phenoxy) is 3. The van der Waals surface area contributed by atoms with Crippen LogP contribution in [0.1, 0.15) is 31.2 Å². The fourth-order valence-electron chi connectivity index (χ4n) is 2.98. The average Bonchev–Trinajstić information content (AvgIpc) is 3.07. The maximum absolute atomic E-state index is 12.1. The van der Waals surface area contributed by atoms with Gasteiger partial charge in [0.05, 0.1) is 13.7 Å². The van der Waals surface area contributed by atoms with Gasteiger partial charge in [-0.3, -0.25) is 4.79 Å². The number of hydrogen-bond donors (Lipinski definition) is 0. The molecule has 1 aliphatic heterocycles. The lowest BCUT2D eigenvalue weighted by Crippen LogP contribution is -2.29. The fraction of sp³-hybridized carbons (Fsp3) is 0.588. The molecule has 0 amide bonds. The molecule has 0 spiro atoms. The van der Waals surface area contributed by atoms with E-state index in [0.29, 0.717) is 18.8 Å². The quantitative estimate of drug-likeness (QED) is 0.756. The lowest BCUT2D eigenvalue weighted by atomic mass is 9.99. The summed E-state index contributed by atoms with van der Waals surface area (Å²) < 4.78 is 16.3. The van der Waals surface area contributed by atoms with Crippen LogP contribution < -0.4 is 4.74 Å². The lowest BCUT2D eigenvalue weighted by molar-refractivity contribution is -0.154. The Bertz CT molecular complexity index is 484. The summed E-state index contributed by atoms with van der Waals surface area (Å²) in [6, 6.07) is 7.81. The van der Waals surface area contributed by atoms with E-state index in [1.54, 1.807) is 7.11 Å². The van der Waals surface area contributed by atoms with Crippen LogP contribution in [0.2, 0.25) is 0 Å². The van der Waals surface area contributed by atoms with Crippen LogP contribution in [-0.4, -0.2) is 31.9 Å². The largest absolute Gasteiger partial charge is 0.497 e. The highest BCUT2D eigenvalue weighted by Gasteiger charge is 2.53. The van der Waals surface area contributed by atoms with Crippen molar-refractivity contribution < 1.29 is 19.0 Å². The highest BCUT2D eigenvalue weighted by molar-refractivity contribution is 5.70. The van der Waals surface area contributed by atoms with E-state index in [-0.39, 0.29) is 11.6 Å². The van der Waals surface area contributed by atoms with Gasteiger partial charge >= 0.3 is 5.97 Å². The molecule has 0 aromatic heterocycles. The zero-order chi connectivity index (χ0) is 14.7. The zero-order valence-corrected chi connectivity index (χ0v) is 12.5. The van der Waals surface area contributed by atoms with E-state index >= 15 is 0 Å². The number of carbonyl (C=O) groups is 1. The Kier molecular flexibility index (Phi) is 4.15. The molecule has 1 heterocycles. The smallest absolute Gasteiger partial charge is 0.306 e. The van der Waals surface area contributed by atoms with Gasteiger partial charge in [-0.1, -0.05) is 12.1 Å². The normalized spacial score (nSPS) is 22.8. The van der Waals surface area contributed by atoms with Crippen LogP contribution in [0.3, 0.4) is 0 Å². The fourth-order valence-corrected chi connectivity index (χ4v) is 2.98. The van der Waals surface area contributed by atoms with Gasteiger partial charge in [0.2, 0.25) is 0 Å². The monoisotopic (exact) mass is 290 g/mol. The van der Waals surface area contributed by atoms with Gasteiger partial charge in [0.15, 0.2) is 0 Å². The van der Waals surface area contributed by atoms with Crippen molar-refractivity contribution >= 4 is 5.97 Å². The second-order valence-corrected chi connectivity index (χ2v) is 5.95. The van der Waals surface area contributed by atoms with E-state index in [2.05, 4.69) is 0 Å². The van der Waals surface area contributed by atoms with E-state index in [9.17, 15) is 4.79 Å². The van der Waals surface area contributed by atoms with Gasteiger partial charge in [-0.15, -0.1) is 0 Å². The SMILES string of the molecule is COc1ccc(CCC(=O)OC2([C@H]3CCOC3)CC2)cc1. The highest BCUT2D eigenvalue weighted by atomic mass is 16.6. The maximum Gasteiger partial charge on any atom is 0.306 e. The van der Waals surface area contributed by atoms with Crippen molar-refractivity contribution in [2.45, 2.75) is 37.7 Å². The van der Waals surface area contributed by atoms with Crippen molar-refractivity contribution in [1.29, 1.82) is 0 Å².